The van der Waals surface area contributed by atoms with Crippen molar-refractivity contribution in [3.05, 3.63) is 52.5 Å². The number of carbonyl (C=O) groups is 1. The van der Waals surface area contributed by atoms with Crippen LogP contribution in [-0.2, 0) is 4.79 Å². The molecule has 0 aliphatic carbocycles. The topological polar surface area (TPSA) is 47.6 Å². The standard InChI is InChI=1S/C15H13Cl2NO3/c1-20-11-4-2-3-10(7-11)18-15(19)9-21-12-5-6-13(16)14(17)8-12/h2-8H,9H2,1H3,(H,18,19). The number of rotatable bonds is 5. The lowest BCUT2D eigenvalue weighted by molar-refractivity contribution is -0.118. The molecule has 0 aliphatic heterocycles. The Kier molecular flexibility index (Phi) is 5.31. The van der Waals surface area contributed by atoms with E-state index in [1.54, 1.807) is 49.6 Å². The van der Waals surface area contributed by atoms with Gasteiger partial charge in [-0.3, -0.25) is 4.79 Å². The molecule has 0 aromatic heterocycles. The van der Waals surface area contributed by atoms with E-state index >= 15 is 0 Å². The molecule has 21 heavy (non-hydrogen) atoms. The molecule has 0 saturated heterocycles. The lowest BCUT2D eigenvalue weighted by Crippen LogP contribution is -2.20. The Hall–Kier alpha value is -1.91. The zero-order chi connectivity index (χ0) is 15.2. The van der Waals surface area contributed by atoms with E-state index in [9.17, 15) is 4.79 Å². The van der Waals surface area contributed by atoms with Gasteiger partial charge in [0.05, 0.1) is 17.2 Å². The Balaban J connectivity index is 1.90. The van der Waals surface area contributed by atoms with Crippen molar-refractivity contribution in [1.82, 2.24) is 0 Å². The maximum atomic E-state index is 11.8. The van der Waals surface area contributed by atoms with Crippen molar-refractivity contribution in [2.75, 3.05) is 19.0 Å². The van der Waals surface area contributed by atoms with E-state index in [4.69, 9.17) is 32.7 Å². The third-order valence-corrected chi connectivity index (χ3v) is 3.35. The van der Waals surface area contributed by atoms with Crippen molar-refractivity contribution in [1.29, 1.82) is 0 Å². The van der Waals surface area contributed by atoms with Crippen molar-refractivity contribution in [3.8, 4) is 11.5 Å². The fraction of sp³-hybridized carbons (Fsp3) is 0.133. The molecule has 0 bridgehead atoms. The summed E-state index contributed by atoms with van der Waals surface area (Å²) in [4.78, 5) is 11.8. The first-order valence-electron chi connectivity index (χ1n) is 6.10. The molecule has 4 nitrogen and oxygen atoms in total. The number of nitrogens with one attached hydrogen (secondary N) is 1. The molecule has 2 rings (SSSR count). The Morgan fingerprint density at radius 3 is 2.62 bits per heavy atom. The summed E-state index contributed by atoms with van der Waals surface area (Å²) in [6, 6.07) is 11.9. The van der Waals surface area contributed by atoms with Gasteiger partial charge >= 0.3 is 0 Å². The number of methoxy groups -OCH3 is 1. The smallest absolute Gasteiger partial charge is 0.262 e. The van der Waals surface area contributed by atoms with Crippen molar-refractivity contribution < 1.29 is 14.3 Å². The molecule has 0 spiro atoms. The van der Waals surface area contributed by atoms with Gasteiger partial charge in [0, 0.05) is 17.8 Å². The lowest BCUT2D eigenvalue weighted by atomic mass is 10.3. The number of amides is 1. The second-order valence-corrected chi connectivity index (χ2v) is 4.96. The van der Waals surface area contributed by atoms with Gasteiger partial charge in [-0.1, -0.05) is 29.3 Å². The van der Waals surface area contributed by atoms with Crippen LogP contribution >= 0.6 is 23.2 Å². The first kappa shape index (κ1) is 15.5. The van der Waals surface area contributed by atoms with Crippen LogP contribution in [0.4, 0.5) is 5.69 Å². The summed E-state index contributed by atoms with van der Waals surface area (Å²) in [6.07, 6.45) is 0. The van der Waals surface area contributed by atoms with Gasteiger partial charge < -0.3 is 14.8 Å². The molecular formula is C15H13Cl2NO3. The van der Waals surface area contributed by atoms with Gasteiger partial charge in [0.1, 0.15) is 11.5 Å². The molecule has 0 aliphatic rings. The Morgan fingerprint density at radius 1 is 1.10 bits per heavy atom. The number of hydrogen-bond donors (Lipinski definition) is 1. The highest BCUT2D eigenvalue weighted by Gasteiger charge is 2.06. The third-order valence-electron chi connectivity index (χ3n) is 2.61. The Bertz CT molecular complexity index is 647. The second-order valence-electron chi connectivity index (χ2n) is 4.14. The third kappa shape index (κ3) is 4.55. The van der Waals surface area contributed by atoms with Crippen LogP contribution in [0.5, 0.6) is 11.5 Å². The van der Waals surface area contributed by atoms with E-state index in [1.807, 2.05) is 0 Å². The van der Waals surface area contributed by atoms with Crippen molar-refractivity contribution in [2.45, 2.75) is 0 Å². The zero-order valence-corrected chi connectivity index (χ0v) is 12.7. The number of halogens is 2. The van der Waals surface area contributed by atoms with E-state index < -0.39 is 0 Å². The molecular weight excluding hydrogens is 313 g/mol. The van der Waals surface area contributed by atoms with Gasteiger partial charge in [0.25, 0.3) is 5.91 Å². The van der Waals surface area contributed by atoms with Crippen molar-refractivity contribution in [3.63, 3.8) is 0 Å². The van der Waals surface area contributed by atoms with E-state index in [-0.39, 0.29) is 12.5 Å². The van der Waals surface area contributed by atoms with E-state index in [0.717, 1.165) is 0 Å². The highest BCUT2D eigenvalue weighted by Crippen LogP contribution is 2.26. The zero-order valence-electron chi connectivity index (χ0n) is 11.2. The maximum absolute atomic E-state index is 11.8. The highest BCUT2D eigenvalue weighted by atomic mass is 35.5. The first-order chi connectivity index (χ1) is 10.1. The summed E-state index contributed by atoms with van der Waals surface area (Å²) < 4.78 is 10.4. The minimum absolute atomic E-state index is 0.130. The molecule has 0 heterocycles. The molecule has 0 fully saturated rings. The summed E-state index contributed by atoms with van der Waals surface area (Å²) in [5.74, 6) is 0.859. The molecule has 0 saturated carbocycles. The van der Waals surface area contributed by atoms with Gasteiger partial charge in [-0.05, 0) is 24.3 Å². The number of hydrogen-bond acceptors (Lipinski definition) is 3. The number of anilines is 1. The first-order valence-corrected chi connectivity index (χ1v) is 6.86. The van der Waals surface area contributed by atoms with Crippen molar-refractivity contribution >= 4 is 34.8 Å². The second kappa shape index (κ2) is 7.20. The Morgan fingerprint density at radius 2 is 1.90 bits per heavy atom. The highest BCUT2D eigenvalue weighted by molar-refractivity contribution is 6.42. The van der Waals surface area contributed by atoms with Crippen LogP contribution in [0.3, 0.4) is 0 Å². The van der Waals surface area contributed by atoms with Gasteiger partial charge in [-0.25, -0.2) is 0 Å². The summed E-state index contributed by atoms with van der Waals surface area (Å²) in [5.41, 5.74) is 0.636. The van der Waals surface area contributed by atoms with E-state index in [2.05, 4.69) is 5.32 Å². The van der Waals surface area contributed by atoms with E-state index in [0.29, 0.717) is 27.2 Å². The molecule has 1 amide bonds. The SMILES string of the molecule is COc1cccc(NC(=O)COc2ccc(Cl)c(Cl)c2)c1. The largest absolute Gasteiger partial charge is 0.497 e. The predicted molar refractivity (Wildman–Crippen MR) is 83.6 cm³/mol. The fourth-order valence-corrected chi connectivity index (χ4v) is 1.90. The van der Waals surface area contributed by atoms with Crippen molar-refractivity contribution in [2.24, 2.45) is 0 Å². The quantitative estimate of drug-likeness (QED) is 0.903. The lowest BCUT2D eigenvalue weighted by Gasteiger charge is -2.09. The van der Waals surface area contributed by atoms with Gasteiger partial charge in [-0.15, -0.1) is 0 Å². The van der Waals surface area contributed by atoms with Gasteiger partial charge in [0.15, 0.2) is 6.61 Å². The molecule has 110 valence electrons. The summed E-state index contributed by atoms with van der Waals surface area (Å²) in [5, 5.41) is 3.52. The monoisotopic (exact) mass is 325 g/mol. The molecule has 0 radical (unpaired) electrons. The number of ether oxygens (including phenoxy) is 2. The minimum Gasteiger partial charge on any atom is -0.497 e. The molecule has 0 atom stereocenters. The molecule has 2 aromatic carbocycles. The molecule has 6 heteroatoms. The normalized spacial score (nSPS) is 10.0. The molecule has 1 N–H and O–H groups in total. The summed E-state index contributed by atoms with van der Waals surface area (Å²) in [6.45, 7) is -0.130. The fourth-order valence-electron chi connectivity index (χ4n) is 1.61. The van der Waals surface area contributed by atoms with E-state index in [1.165, 1.54) is 0 Å². The van der Waals surface area contributed by atoms with Crippen LogP contribution in [0, 0.1) is 0 Å². The van der Waals surface area contributed by atoms with Gasteiger partial charge in [-0.2, -0.15) is 0 Å². The summed E-state index contributed by atoms with van der Waals surface area (Å²) in [7, 11) is 1.56. The van der Waals surface area contributed by atoms with Crippen LogP contribution < -0.4 is 14.8 Å². The Labute approximate surface area is 132 Å². The number of carbonyl (C=O) groups excluding carboxylic acids is 1. The van der Waals surface area contributed by atoms with Crippen LogP contribution in [0.2, 0.25) is 10.0 Å². The molecule has 2 aromatic rings. The van der Waals surface area contributed by atoms with Gasteiger partial charge in [0.2, 0.25) is 0 Å². The van der Waals surface area contributed by atoms with Crippen LogP contribution in [0.15, 0.2) is 42.5 Å². The molecule has 0 unspecified atom stereocenters. The van der Waals surface area contributed by atoms with Crippen LogP contribution in [0.1, 0.15) is 0 Å². The minimum atomic E-state index is -0.283. The average molecular weight is 326 g/mol. The van der Waals surface area contributed by atoms with Crippen LogP contribution in [-0.4, -0.2) is 19.6 Å². The predicted octanol–water partition coefficient (Wildman–Crippen LogP) is 4.02. The maximum Gasteiger partial charge on any atom is 0.262 e. The van der Waals surface area contributed by atoms with Crippen LogP contribution in [0.25, 0.3) is 0 Å². The summed E-state index contributed by atoms with van der Waals surface area (Å²) >= 11 is 11.7. The number of benzene rings is 2. The average Bonchev–Trinajstić information content (AvgIpc) is 2.48.